The predicted octanol–water partition coefficient (Wildman–Crippen LogP) is 7.52. The Morgan fingerprint density at radius 1 is 0.945 bits per heavy atom. The molecule has 1 fully saturated rings. The van der Waals surface area contributed by atoms with Crippen LogP contribution in [0.5, 0.6) is 6.01 Å². The Hall–Kier alpha value is -6.63. The first kappa shape index (κ1) is 35.4. The van der Waals surface area contributed by atoms with Crippen molar-refractivity contribution in [3.8, 4) is 39.8 Å². The van der Waals surface area contributed by atoms with E-state index in [2.05, 4.69) is 37.6 Å². The average molecular weight is 736 g/mol. The van der Waals surface area contributed by atoms with E-state index in [1.807, 2.05) is 109 Å². The van der Waals surface area contributed by atoms with E-state index in [-0.39, 0.29) is 11.8 Å². The molecule has 4 aromatic heterocycles. The van der Waals surface area contributed by atoms with E-state index in [0.717, 1.165) is 63.6 Å². The Morgan fingerprint density at radius 3 is 2.47 bits per heavy atom. The lowest BCUT2D eigenvalue weighted by atomic mass is 9.93. The van der Waals surface area contributed by atoms with Gasteiger partial charge in [-0.3, -0.25) is 4.79 Å². The summed E-state index contributed by atoms with van der Waals surface area (Å²) in [6, 6.07) is 30.3. The van der Waals surface area contributed by atoms with Crippen molar-refractivity contribution in [3.05, 3.63) is 126 Å². The zero-order valence-electron chi connectivity index (χ0n) is 31.0. The van der Waals surface area contributed by atoms with Crippen molar-refractivity contribution in [2.24, 2.45) is 0 Å². The normalized spacial score (nSPS) is 13.3. The molecule has 5 heterocycles. The number of rotatable bonds is 12. The van der Waals surface area contributed by atoms with Gasteiger partial charge in [0, 0.05) is 73.5 Å². The lowest BCUT2D eigenvalue weighted by molar-refractivity contribution is -0.132. The third-order valence-corrected chi connectivity index (χ3v) is 10.0. The van der Waals surface area contributed by atoms with Gasteiger partial charge in [0.05, 0.1) is 19.0 Å². The van der Waals surface area contributed by atoms with Crippen LogP contribution in [-0.2, 0) is 17.8 Å². The number of nitrogens with zero attached hydrogens (tertiary/aromatic N) is 9. The minimum atomic E-state index is 0.101. The molecule has 0 radical (unpaired) electrons. The molecule has 0 aliphatic carbocycles. The van der Waals surface area contributed by atoms with Crippen LogP contribution in [0.25, 0.3) is 33.8 Å². The molecule has 0 saturated carbocycles. The summed E-state index contributed by atoms with van der Waals surface area (Å²) in [5, 5.41) is 13.3. The third kappa shape index (κ3) is 7.86. The quantitative estimate of drug-likeness (QED) is 0.123. The molecule has 0 unspecified atom stereocenters. The van der Waals surface area contributed by atoms with Crippen molar-refractivity contribution in [1.82, 2.24) is 40.0 Å². The number of aromatic nitrogens is 7. The molecule has 1 saturated heterocycles. The van der Waals surface area contributed by atoms with E-state index in [1.165, 1.54) is 0 Å². The number of amides is 1. The highest BCUT2D eigenvalue weighted by molar-refractivity contribution is 5.78. The van der Waals surface area contributed by atoms with E-state index in [0.29, 0.717) is 56.0 Å². The molecule has 0 N–H and O–H groups in total. The number of hydrogen-bond acceptors (Lipinski definition) is 11. The Balaban J connectivity index is 0.860. The second-order valence-corrected chi connectivity index (χ2v) is 13.7. The van der Waals surface area contributed by atoms with Gasteiger partial charge in [-0.05, 0) is 43.5 Å². The fraction of sp³-hybridized carbons (Fsp3) is 0.262. The van der Waals surface area contributed by atoms with Gasteiger partial charge in [0.15, 0.2) is 17.4 Å². The molecule has 0 atom stereocenters. The lowest BCUT2D eigenvalue weighted by Crippen LogP contribution is -2.38. The molecule has 1 aliphatic rings. The summed E-state index contributed by atoms with van der Waals surface area (Å²) in [6.45, 7) is 3.77. The summed E-state index contributed by atoms with van der Waals surface area (Å²) in [5.41, 5.74) is 7.35. The molecule has 3 aromatic carbocycles. The standard InChI is InChI=1S/C42H41N9O4/c1-28-14-15-32(49(2)37-18-21-43-42(44-37)53-3)24-34(28)36-27-51(48-46-36)26-33-25-35(47-55-33)29-19-22-50(23-20-29)39(52)17-16-38-45-40(30-10-6-4-7-11-30)41(54-38)31-12-8-5-9-13-31/h4-15,18,21,24-25,27,29H,16-17,19-20,22-23,26H2,1-3H3. The predicted molar refractivity (Wildman–Crippen MR) is 207 cm³/mol. The van der Waals surface area contributed by atoms with Crippen LogP contribution >= 0.6 is 0 Å². The van der Waals surface area contributed by atoms with Crippen molar-refractivity contribution in [2.45, 2.75) is 45.1 Å². The van der Waals surface area contributed by atoms with Crippen LogP contribution < -0.4 is 9.64 Å². The molecule has 278 valence electrons. The molecule has 0 spiro atoms. The first-order valence-electron chi connectivity index (χ1n) is 18.4. The van der Waals surface area contributed by atoms with Gasteiger partial charge in [-0.2, -0.15) is 4.98 Å². The number of carbonyl (C=O) groups excluding carboxylic acids is 1. The zero-order chi connectivity index (χ0) is 37.7. The van der Waals surface area contributed by atoms with Crippen LogP contribution in [0.4, 0.5) is 11.5 Å². The van der Waals surface area contributed by atoms with E-state index in [9.17, 15) is 4.79 Å². The van der Waals surface area contributed by atoms with Crippen molar-refractivity contribution >= 4 is 17.4 Å². The maximum Gasteiger partial charge on any atom is 0.318 e. The van der Waals surface area contributed by atoms with E-state index >= 15 is 0 Å². The van der Waals surface area contributed by atoms with Crippen molar-refractivity contribution < 1.29 is 18.5 Å². The minimum Gasteiger partial charge on any atom is -0.467 e. The molecule has 55 heavy (non-hydrogen) atoms. The molecular weight excluding hydrogens is 695 g/mol. The average Bonchev–Trinajstić information content (AvgIpc) is 4.02. The fourth-order valence-corrected chi connectivity index (χ4v) is 6.94. The number of ether oxygens (including phenoxy) is 1. The molecule has 13 heteroatoms. The molecule has 7 aromatic rings. The Bertz CT molecular complexity index is 2320. The monoisotopic (exact) mass is 735 g/mol. The van der Waals surface area contributed by atoms with Crippen molar-refractivity contribution in [2.75, 3.05) is 32.1 Å². The van der Waals surface area contributed by atoms with E-state index in [4.69, 9.17) is 18.7 Å². The van der Waals surface area contributed by atoms with E-state index in [1.54, 1.807) is 18.0 Å². The largest absolute Gasteiger partial charge is 0.467 e. The van der Waals surface area contributed by atoms with Gasteiger partial charge in [-0.25, -0.2) is 14.6 Å². The summed E-state index contributed by atoms with van der Waals surface area (Å²) in [5.74, 6) is 3.00. The highest BCUT2D eigenvalue weighted by Crippen LogP contribution is 2.34. The molecule has 8 rings (SSSR count). The summed E-state index contributed by atoms with van der Waals surface area (Å²) in [7, 11) is 3.49. The maximum atomic E-state index is 13.3. The number of likely N-dealkylation sites (tertiary alicyclic amines) is 1. The summed E-state index contributed by atoms with van der Waals surface area (Å²) in [6.07, 6.45) is 5.97. The van der Waals surface area contributed by atoms with E-state index < -0.39 is 0 Å². The van der Waals surface area contributed by atoms with Gasteiger partial charge < -0.3 is 23.5 Å². The Kier molecular flexibility index (Phi) is 10.1. The van der Waals surface area contributed by atoms with Crippen molar-refractivity contribution in [1.29, 1.82) is 0 Å². The van der Waals surface area contributed by atoms with Crippen molar-refractivity contribution in [3.63, 3.8) is 0 Å². The topological polar surface area (TPSA) is 141 Å². The molecule has 13 nitrogen and oxygen atoms in total. The highest BCUT2D eigenvalue weighted by Gasteiger charge is 2.27. The molecule has 1 amide bonds. The summed E-state index contributed by atoms with van der Waals surface area (Å²) in [4.78, 5) is 30.6. The lowest BCUT2D eigenvalue weighted by Gasteiger charge is -2.31. The van der Waals surface area contributed by atoms with Gasteiger partial charge >= 0.3 is 6.01 Å². The van der Waals surface area contributed by atoms with Gasteiger partial charge in [0.2, 0.25) is 5.91 Å². The Labute approximate surface area is 318 Å². The van der Waals surface area contributed by atoms with Gasteiger partial charge in [-0.15, -0.1) is 5.10 Å². The summed E-state index contributed by atoms with van der Waals surface area (Å²) >= 11 is 0. The number of hydrogen-bond donors (Lipinski definition) is 0. The zero-order valence-corrected chi connectivity index (χ0v) is 31.0. The minimum absolute atomic E-state index is 0.101. The first-order valence-corrected chi connectivity index (χ1v) is 18.4. The summed E-state index contributed by atoms with van der Waals surface area (Å²) < 4.78 is 19.0. The number of aryl methyl sites for hydroxylation is 2. The van der Waals surface area contributed by atoms with Crippen LogP contribution in [0.2, 0.25) is 0 Å². The second-order valence-electron chi connectivity index (χ2n) is 13.7. The smallest absolute Gasteiger partial charge is 0.318 e. The Morgan fingerprint density at radius 2 is 1.71 bits per heavy atom. The van der Waals surface area contributed by atoms with Crippen LogP contribution in [0.15, 0.2) is 112 Å². The number of benzene rings is 3. The van der Waals surface area contributed by atoms with Gasteiger partial charge in [0.1, 0.15) is 23.8 Å². The maximum absolute atomic E-state index is 13.3. The number of methoxy groups -OCH3 is 1. The molecule has 0 bridgehead atoms. The first-order chi connectivity index (χ1) is 26.9. The van der Waals surface area contributed by atoms with Crippen LogP contribution in [0.1, 0.15) is 48.1 Å². The van der Waals surface area contributed by atoms with Crippen LogP contribution in [0, 0.1) is 6.92 Å². The number of piperidine rings is 1. The van der Waals surface area contributed by atoms with Crippen LogP contribution in [-0.4, -0.2) is 73.2 Å². The third-order valence-electron chi connectivity index (χ3n) is 10.0. The molecule has 1 aliphatic heterocycles. The SMILES string of the molecule is COc1nccc(N(C)c2ccc(C)c(-c3cn(Cc4cc(C5CCN(C(=O)CCc6nc(-c7ccccc7)c(-c7ccccc7)o6)CC5)no4)nn3)c2)n1. The molecular formula is C42H41N9O4. The fourth-order valence-electron chi connectivity index (χ4n) is 6.94. The number of oxazole rings is 1. The number of anilines is 2. The highest BCUT2D eigenvalue weighted by atomic mass is 16.5. The van der Waals surface area contributed by atoms with Gasteiger partial charge in [0.25, 0.3) is 0 Å². The van der Waals surface area contributed by atoms with Crippen LogP contribution in [0.3, 0.4) is 0 Å². The second kappa shape index (κ2) is 15.8. The number of carbonyl (C=O) groups is 1. The van der Waals surface area contributed by atoms with Gasteiger partial charge in [-0.1, -0.05) is 77.1 Å².